The van der Waals surface area contributed by atoms with E-state index in [0.29, 0.717) is 24.2 Å². The van der Waals surface area contributed by atoms with Crippen LogP contribution in [0.5, 0.6) is 0 Å². The first-order valence-electron chi connectivity index (χ1n) is 16.9. The molecule has 5 atom stereocenters. The Kier molecular flexibility index (Phi) is 27.7. The monoisotopic (exact) mass is 556 g/mol. The highest BCUT2D eigenvalue weighted by atomic mass is 15.1. The number of nitrogens with one attached hydrogen (secondary N) is 2. The topological polar surface area (TPSA) is 131 Å². The Morgan fingerprint density at radius 2 is 0.923 bits per heavy atom. The lowest BCUT2D eigenvalue weighted by Crippen LogP contribution is -2.40. The van der Waals surface area contributed by atoms with Crippen molar-refractivity contribution in [3.8, 4) is 0 Å². The third-order valence-corrected chi connectivity index (χ3v) is 7.75. The summed E-state index contributed by atoms with van der Waals surface area (Å²) in [5.74, 6) is 0. The molecule has 0 aliphatic carbocycles. The highest BCUT2D eigenvalue weighted by molar-refractivity contribution is 4.72. The molecule has 0 amide bonds. The van der Waals surface area contributed by atoms with E-state index in [-0.39, 0.29) is 6.04 Å². The molecule has 5 unspecified atom stereocenters. The van der Waals surface area contributed by atoms with Gasteiger partial charge in [-0.3, -0.25) is 0 Å². The van der Waals surface area contributed by atoms with Crippen LogP contribution in [0, 0.1) is 0 Å². The molecule has 0 radical (unpaired) electrons. The lowest BCUT2D eigenvalue weighted by molar-refractivity contribution is 0.252. The van der Waals surface area contributed by atoms with Crippen molar-refractivity contribution in [3.05, 3.63) is 0 Å². The fraction of sp³-hybridized carbons (Fsp3) is 1.00. The van der Waals surface area contributed by atoms with Gasteiger partial charge in [0, 0.05) is 36.8 Å². The smallest absolute Gasteiger partial charge is 0.0192 e. The van der Waals surface area contributed by atoms with Crippen LogP contribution in [0.2, 0.25) is 0 Å². The summed E-state index contributed by atoms with van der Waals surface area (Å²) in [6.45, 7) is 15.2. The molecule has 0 saturated heterocycles. The molecular weight excluding hydrogens is 482 g/mol. The van der Waals surface area contributed by atoms with Crippen molar-refractivity contribution >= 4 is 0 Å². The van der Waals surface area contributed by atoms with Gasteiger partial charge in [0.25, 0.3) is 0 Å². The van der Waals surface area contributed by atoms with Gasteiger partial charge >= 0.3 is 0 Å². The Bertz CT molecular complexity index is 485. The van der Waals surface area contributed by atoms with Crippen LogP contribution in [0.25, 0.3) is 0 Å². The molecule has 10 N–H and O–H groups in total. The molecule has 0 fully saturated rings. The summed E-state index contributed by atoms with van der Waals surface area (Å²) in [6.07, 6.45) is 21.3. The molecule has 7 heteroatoms. The molecule has 236 valence electrons. The predicted octanol–water partition coefficient (Wildman–Crippen LogP) is 4.86. The maximum atomic E-state index is 6.06. The van der Waals surface area contributed by atoms with E-state index >= 15 is 0 Å². The molecule has 0 aromatic carbocycles. The Hall–Kier alpha value is -0.280. The van der Waals surface area contributed by atoms with E-state index in [4.69, 9.17) is 22.9 Å². The first kappa shape index (κ1) is 38.7. The Morgan fingerprint density at radius 1 is 0.462 bits per heavy atom. The maximum absolute atomic E-state index is 6.06. The summed E-state index contributed by atoms with van der Waals surface area (Å²) in [6, 6.07) is 1.79. The van der Waals surface area contributed by atoms with Gasteiger partial charge in [-0.1, -0.05) is 57.8 Å². The molecule has 0 aliphatic rings. The minimum atomic E-state index is 0.266. The van der Waals surface area contributed by atoms with Crippen molar-refractivity contribution in [1.82, 2.24) is 15.5 Å². The molecule has 0 heterocycles. The van der Waals surface area contributed by atoms with Crippen LogP contribution >= 0.6 is 0 Å². The summed E-state index contributed by atoms with van der Waals surface area (Å²) in [5.41, 5.74) is 23.8. The average molecular weight is 556 g/mol. The number of hydrogen-bond acceptors (Lipinski definition) is 7. The van der Waals surface area contributed by atoms with Crippen LogP contribution in [0.4, 0.5) is 0 Å². The normalized spacial score (nSPS) is 15.9. The van der Waals surface area contributed by atoms with E-state index in [1.807, 2.05) is 0 Å². The van der Waals surface area contributed by atoms with Gasteiger partial charge in [0.05, 0.1) is 0 Å². The molecule has 7 nitrogen and oxygen atoms in total. The zero-order valence-corrected chi connectivity index (χ0v) is 26.9. The molecule has 0 rings (SSSR count). The SMILES string of the molecule is CC(N)CCCCCCCN(CCCCCNCC(CCCCCCC(C)N)NCCC(C)N)CCC(C)N. The predicted molar refractivity (Wildman–Crippen MR) is 174 cm³/mol. The third kappa shape index (κ3) is 30.5. The highest BCUT2D eigenvalue weighted by Gasteiger charge is 2.09. The quantitative estimate of drug-likeness (QED) is 0.0698. The lowest BCUT2D eigenvalue weighted by Gasteiger charge is -2.23. The van der Waals surface area contributed by atoms with Crippen molar-refractivity contribution in [2.45, 2.75) is 167 Å². The van der Waals surface area contributed by atoms with Gasteiger partial charge in [-0.2, -0.15) is 0 Å². The van der Waals surface area contributed by atoms with Crippen molar-refractivity contribution in [2.24, 2.45) is 22.9 Å². The van der Waals surface area contributed by atoms with Crippen LogP contribution in [-0.4, -0.2) is 74.4 Å². The maximum Gasteiger partial charge on any atom is 0.0192 e. The number of unbranched alkanes of at least 4 members (excludes halogenated alkanes) is 9. The first-order valence-corrected chi connectivity index (χ1v) is 16.9. The van der Waals surface area contributed by atoms with E-state index < -0.39 is 0 Å². The van der Waals surface area contributed by atoms with Crippen molar-refractivity contribution in [3.63, 3.8) is 0 Å². The standard InChI is InChI=1S/C32H73N7/c1-28(33)17-11-6-5-9-15-24-39(26-21-31(4)36)25-16-10-14-22-37-27-32(38-23-20-30(3)35)19-13-8-7-12-18-29(2)34/h28-32,37-38H,5-27,33-36H2,1-4H3. The van der Waals surface area contributed by atoms with Crippen molar-refractivity contribution in [2.75, 3.05) is 39.3 Å². The van der Waals surface area contributed by atoms with Crippen LogP contribution in [0.3, 0.4) is 0 Å². The first-order chi connectivity index (χ1) is 18.7. The van der Waals surface area contributed by atoms with Crippen LogP contribution in [-0.2, 0) is 0 Å². The Labute approximate surface area is 244 Å². The fourth-order valence-corrected chi connectivity index (χ4v) is 5.09. The number of hydrogen-bond donors (Lipinski definition) is 6. The second kappa shape index (κ2) is 27.9. The summed E-state index contributed by atoms with van der Waals surface area (Å²) < 4.78 is 0. The molecule has 0 bridgehead atoms. The summed E-state index contributed by atoms with van der Waals surface area (Å²) in [7, 11) is 0. The third-order valence-electron chi connectivity index (χ3n) is 7.75. The average Bonchev–Trinajstić information content (AvgIpc) is 2.86. The van der Waals surface area contributed by atoms with Crippen LogP contribution in [0.15, 0.2) is 0 Å². The molecular formula is C32H73N7. The molecule has 39 heavy (non-hydrogen) atoms. The zero-order chi connectivity index (χ0) is 29.1. The zero-order valence-electron chi connectivity index (χ0n) is 26.9. The Balaban J connectivity index is 4.10. The molecule has 0 aromatic heterocycles. The fourth-order valence-electron chi connectivity index (χ4n) is 5.09. The van der Waals surface area contributed by atoms with Gasteiger partial charge in [0.1, 0.15) is 0 Å². The van der Waals surface area contributed by atoms with Crippen molar-refractivity contribution in [1.29, 1.82) is 0 Å². The number of rotatable bonds is 30. The Morgan fingerprint density at radius 3 is 1.46 bits per heavy atom. The lowest BCUT2D eigenvalue weighted by atomic mass is 10.0. The second-order valence-corrected chi connectivity index (χ2v) is 12.8. The van der Waals surface area contributed by atoms with Gasteiger partial charge in [-0.05, 0) is 112 Å². The van der Waals surface area contributed by atoms with Gasteiger partial charge in [-0.15, -0.1) is 0 Å². The van der Waals surface area contributed by atoms with E-state index in [1.165, 1.54) is 96.6 Å². The molecule has 0 aliphatic heterocycles. The van der Waals surface area contributed by atoms with Crippen LogP contribution < -0.4 is 33.6 Å². The minimum absolute atomic E-state index is 0.266. The van der Waals surface area contributed by atoms with Crippen molar-refractivity contribution < 1.29 is 0 Å². The number of nitrogens with zero attached hydrogens (tertiary/aromatic N) is 1. The van der Waals surface area contributed by atoms with E-state index in [9.17, 15) is 0 Å². The molecule has 0 spiro atoms. The van der Waals surface area contributed by atoms with Crippen LogP contribution in [0.1, 0.15) is 137 Å². The van der Waals surface area contributed by atoms with Gasteiger partial charge in [0.2, 0.25) is 0 Å². The number of nitrogens with two attached hydrogens (primary N) is 4. The van der Waals surface area contributed by atoms with Gasteiger partial charge < -0.3 is 38.5 Å². The largest absolute Gasteiger partial charge is 0.328 e. The van der Waals surface area contributed by atoms with E-state index in [1.54, 1.807) is 0 Å². The summed E-state index contributed by atoms with van der Waals surface area (Å²) in [4.78, 5) is 2.66. The minimum Gasteiger partial charge on any atom is -0.328 e. The van der Waals surface area contributed by atoms with Gasteiger partial charge in [-0.25, -0.2) is 0 Å². The summed E-state index contributed by atoms with van der Waals surface area (Å²) in [5, 5.41) is 7.49. The van der Waals surface area contributed by atoms with E-state index in [2.05, 4.69) is 43.2 Å². The second-order valence-electron chi connectivity index (χ2n) is 12.8. The molecule has 0 saturated carbocycles. The molecule has 0 aromatic rings. The summed E-state index contributed by atoms with van der Waals surface area (Å²) >= 11 is 0. The highest BCUT2D eigenvalue weighted by Crippen LogP contribution is 2.10. The van der Waals surface area contributed by atoms with E-state index in [0.717, 1.165) is 51.9 Å². The van der Waals surface area contributed by atoms with Gasteiger partial charge in [0.15, 0.2) is 0 Å².